The molecule has 0 unspecified atom stereocenters. The predicted octanol–water partition coefficient (Wildman–Crippen LogP) is 2.47. The number of rotatable bonds is 4. The molecule has 2 nitrogen and oxygen atoms in total. The molecule has 0 aromatic heterocycles. The molecular formula is C13H17O2S+. The summed E-state index contributed by atoms with van der Waals surface area (Å²) >= 11 is 0. The lowest BCUT2D eigenvalue weighted by Crippen LogP contribution is -2.05. The first-order chi connectivity index (χ1) is 7.65. The van der Waals surface area contributed by atoms with Crippen molar-refractivity contribution >= 4 is 21.8 Å². The summed E-state index contributed by atoms with van der Waals surface area (Å²) in [5.74, 6) is -0.262. The highest BCUT2D eigenvalue weighted by molar-refractivity contribution is 8.04. The van der Waals surface area contributed by atoms with Crippen molar-refractivity contribution in [1.82, 2.24) is 0 Å². The van der Waals surface area contributed by atoms with Crippen LogP contribution in [0.5, 0.6) is 0 Å². The van der Waals surface area contributed by atoms with E-state index >= 15 is 0 Å². The second-order valence-corrected chi connectivity index (χ2v) is 5.52. The van der Waals surface area contributed by atoms with Crippen LogP contribution in [-0.4, -0.2) is 25.1 Å². The molecule has 0 saturated heterocycles. The normalized spacial score (nSPS) is 11.6. The Bertz CT molecular complexity index is 369. The van der Waals surface area contributed by atoms with Crippen LogP contribution >= 0.6 is 0 Å². The molecule has 0 atom stereocenters. The molecule has 0 N–H and O–H groups in total. The summed E-state index contributed by atoms with van der Waals surface area (Å²) in [5.41, 5.74) is 1.09. The Morgan fingerprint density at radius 2 is 1.94 bits per heavy atom. The second kappa shape index (κ2) is 6.38. The van der Waals surface area contributed by atoms with Gasteiger partial charge in [-0.3, -0.25) is 0 Å². The second-order valence-electron chi connectivity index (χ2n) is 3.44. The Hall–Kier alpha value is -1.22. The zero-order chi connectivity index (χ0) is 12.0. The monoisotopic (exact) mass is 237 g/mol. The van der Waals surface area contributed by atoms with Gasteiger partial charge >= 0.3 is 5.97 Å². The topological polar surface area (TPSA) is 26.3 Å². The zero-order valence-electron chi connectivity index (χ0n) is 9.90. The van der Waals surface area contributed by atoms with Gasteiger partial charge in [0.05, 0.1) is 12.7 Å². The first-order valence-corrected chi connectivity index (χ1v) is 7.20. The van der Waals surface area contributed by atoms with Crippen molar-refractivity contribution in [3.05, 3.63) is 42.0 Å². The number of carbonyl (C=O) groups excluding carboxylic acids is 1. The average Bonchev–Trinajstić information content (AvgIpc) is 2.27. The van der Waals surface area contributed by atoms with Gasteiger partial charge < -0.3 is 4.74 Å². The molecule has 0 heterocycles. The van der Waals surface area contributed by atoms with Gasteiger partial charge in [-0.25, -0.2) is 4.79 Å². The molecule has 0 aliphatic rings. The van der Waals surface area contributed by atoms with Crippen molar-refractivity contribution < 1.29 is 9.53 Å². The maximum Gasteiger partial charge on any atom is 0.335 e. The lowest BCUT2D eigenvalue weighted by Gasteiger charge is -2.03. The molecule has 1 aromatic carbocycles. The fourth-order valence-electron chi connectivity index (χ4n) is 1.33. The Morgan fingerprint density at radius 1 is 1.31 bits per heavy atom. The number of hydrogen-bond donors (Lipinski definition) is 0. The van der Waals surface area contributed by atoms with E-state index < -0.39 is 0 Å². The van der Waals surface area contributed by atoms with E-state index in [1.54, 1.807) is 6.08 Å². The van der Waals surface area contributed by atoms with Crippen LogP contribution in [0.1, 0.15) is 12.5 Å². The maximum absolute atomic E-state index is 11.4. The fourth-order valence-corrected chi connectivity index (χ4v) is 2.27. The van der Waals surface area contributed by atoms with E-state index in [9.17, 15) is 4.79 Å². The van der Waals surface area contributed by atoms with Gasteiger partial charge in [-0.2, -0.15) is 0 Å². The molecule has 0 radical (unpaired) electrons. The highest BCUT2D eigenvalue weighted by atomic mass is 32.2. The molecule has 0 bridgehead atoms. The van der Waals surface area contributed by atoms with Crippen LogP contribution in [0.4, 0.5) is 0 Å². The number of benzene rings is 1. The molecule has 86 valence electrons. The van der Waals surface area contributed by atoms with Crippen molar-refractivity contribution in [3.8, 4) is 0 Å². The lowest BCUT2D eigenvalue weighted by molar-refractivity contribution is -0.137. The number of esters is 1. The summed E-state index contributed by atoms with van der Waals surface area (Å²) in [7, 11) is 0.0318. The third-order valence-corrected chi connectivity index (χ3v) is 3.27. The Morgan fingerprint density at radius 3 is 2.44 bits per heavy atom. The molecular weight excluding hydrogens is 220 g/mol. The number of ether oxygens (including phenoxy) is 1. The van der Waals surface area contributed by atoms with E-state index in [4.69, 9.17) is 4.74 Å². The van der Waals surface area contributed by atoms with Gasteiger partial charge in [-0.1, -0.05) is 18.2 Å². The molecule has 0 fully saturated rings. The Kier molecular flexibility index (Phi) is 5.12. The van der Waals surface area contributed by atoms with Gasteiger partial charge in [0.1, 0.15) is 12.5 Å². The van der Waals surface area contributed by atoms with E-state index in [2.05, 4.69) is 12.5 Å². The molecule has 1 aromatic rings. The van der Waals surface area contributed by atoms with Crippen molar-refractivity contribution in [2.24, 2.45) is 0 Å². The van der Waals surface area contributed by atoms with Crippen LogP contribution in [0.3, 0.4) is 0 Å². The summed E-state index contributed by atoms with van der Waals surface area (Å²) in [5, 5.41) is 0. The first-order valence-electron chi connectivity index (χ1n) is 5.16. The fraction of sp³-hybridized carbons (Fsp3) is 0.308. The SMILES string of the molecule is CCOC(=O)/C=C(\c1ccccc1)[S+](C)C. The molecule has 3 heteroatoms. The quantitative estimate of drug-likeness (QED) is 0.457. The number of carbonyl (C=O) groups is 1. The van der Waals surface area contributed by atoms with E-state index in [0.29, 0.717) is 6.61 Å². The summed E-state index contributed by atoms with van der Waals surface area (Å²) in [4.78, 5) is 12.5. The van der Waals surface area contributed by atoms with Crippen LogP contribution in [0, 0.1) is 0 Å². The van der Waals surface area contributed by atoms with Crippen LogP contribution in [0.25, 0.3) is 4.91 Å². The van der Waals surface area contributed by atoms with Crippen LogP contribution in [0.2, 0.25) is 0 Å². The van der Waals surface area contributed by atoms with E-state index in [1.165, 1.54) is 0 Å². The minimum Gasteiger partial charge on any atom is -0.463 e. The van der Waals surface area contributed by atoms with Crippen LogP contribution in [-0.2, 0) is 20.4 Å². The first kappa shape index (κ1) is 12.8. The maximum atomic E-state index is 11.4. The van der Waals surface area contributed by atoms with Gasteiger partial charge in [0.15, 0.2) is 4.91 Å². The Balaban J connectivity index is 2.96. The molecule has 0 saturated carbocycles. The number of hydrogen-bond acceptors (Lipinski definition) is 2. The average molecular weight is 237 g/mol. The smallest absolute Gasteiger partial charge is 0.335 e. The van der Waals surface area contributed by atoms with Crippen LogP contribution < -0.4 is 0 Å². The van der Waals surface area contributed by atoms with Crippen LogP contribution in [0.15, 0.2) is 36.4 Å². The summed E-state index contributed by atoms with van der Waals surface area (Å²) < 4.78 is 4.93. The van der Waals surface area contributed by atoms with Crippen molar-refractivity contribution in [2.75, 3.05) is 19.1 Å². The van der Waals surface area contributed by atoms with Gasteiger partial charge in [-0.15, -0.1) is 0 Å². The third-order valence-electron chi connectivity index (χ3n) is 2.03. The predicted molar refractivity (Wildman–Crippen MR) is 70.3 cm³/mol. The lowest BCUT2D eigenvalue weighted by atomic mass is 10.2. The minimum atomic E-state index is -0.262. The minimum absolute atomic E-state index is 0.0318. The van der Waals surface area contributed by atoms with Crippen molar-refractivity contribution in [1.29, 1.82) is 0 Å². The zero-order valence-corrected chi connectivity index (χ0v) is 10.7. The molecule has 0 aliphatic heterocycles. The van der Waals surface area contributed by atoms with Gasteiger partial charge in [0.2, 0.25) is 0 Å². The summed E-state index contributed by atoms with van der Waals surface area (Å²) in [6, 6.07) is 9.94. The third kappa shape index (κ3) is 3.74. The molecule has 16 heavy (non-hydrogen) atoms. The van der Waals surface area contributed by atoms with Gasteiger partial charge in [-0.05, 0) is 19.1 Å². The molecule has 0 spiro atoms. The molecule has 0 aliphatic carbocycles. The molecule has 0 amide bonds. The van der Waals surface area contributed by atoms with E-state index in [-0.39, 0.29) is 16.9 Å². The van der Waals surface area contributed by atoms with Gasteiger partial charge in [0.25, 0.3) is 0 Å². The van der Waals surface area contributed by atoms with E-state index in [0.717, 1.165) is 10.5 Å². The summed E-state index contributed by atoms with van der Waals surface area (Å²) in [6.45, 7) is 2.23. The standard InChI is InChI=1S/C13H17O2S/c1-4-15-13(14)10-12(16(2)3)11-8-6-5-7-9-11/h5-10H,4H2,1-3H3/q+1/b12-10+. The highest BCUT2D eigenvalue weighted by Gasteiger charge is 2.17. The largest absolute Gasteiger partial charge is 0.463 e. The van der Waals surface area contributed by atoms with Crippen molar-refractivity contribution in [3.63, 3.8) is 0 Å². The van der Waals surface area contributed by atoms with Gasteiger partial charge in [0, 0.05) is 16.5 Å². The Labute approximate surface area is 99.7 Å². The molecule has 1 rings (SSSR count). The van der Waals surface area contributed by atoms with E-state index in [1.807, 2.05) is 37.3 Å². The van der Waals surface area contributed by atoms with Crippen molar-refractivity contribution in [2.45, 2.75) is 6.92 Å². The summed E-state index contributed by atoms with van der Waals surface area (Å²) in [6.07, 6.45) is 5.79. The highest BCUT2D eigenvalue weighted by Crippen LogP contribution is 2.20.